The minimum atomic E-state index is -0.414. The summed E-state index contributed by atoms with van der Waals surface area (Å²) in [6, 6.07) is 32.5. The van der Waals surface area contributed by atoms with Crippen LogP contribution in [0.1, 0.15) is 35.2 Å². The maximum Gasteiger partial charge on any atom is 0.159 e. The van der Waals surface area contributed by atoms with Crippen LogP contribution in [-0.4, -0.2) is 10.7 Å². The van der Waals surface area contributed by atoms with Crippen molar-refractivity contribution in [3.8, 4) is 6.07 Å². The van der Waals surface area contributed by atoms with E-state index in [9.17, 15) is 5.26 Å². The molecule has 26 heavy (non-hydrogen) atoms. The van der Waals surface area contributed by atoms with Crippen molar-refractivity contribution < 1.29 is 0 Å². The molecule has 1 aliphatic heterocycles. The third kappa shape index (κ3) is 3.10. The lowest BCUT2D eigenvalue weighted by Crippen LogP contribution is -2.24. The second-order valence-electron chi connectivity index (χ2n) is 6.37. The van der Waals surface area contributed by atoms with Gasteiger partial charge in [-0.2, -0.15) is 10.4 Å². The minimum absolute atomic E-state index is 0.0521. The summed E-state index contributed by atoms with van der Waals surface area (Å²) in [5.74, 6) is 0. The lowest BCUT2D eigenvalue weighted by atomic mass is 9.97. The van der Waals surface area contributed by atoms with E-state index < -0.39 is 6.04 Å². The zero-order chi connectivity index (χ0) is 17.8. The van der Waals surface area contributed by atoms with Crippen molar-refractivity contribution in [3.63, 3.8) is 0 Å². The fourth-order valence-corrected chi connectivity index (χ4v) is 3.44. The van der Waals surface area contributed by atoms with Gasteiger partial charge in [0.25, 0.3) is 0 Å². The Balaban J connectivity index is 1.76. The number of hydrogen-bond donors (Lipinski definition) is 0. The third-order valence-corrected chi connectivity index (χ3v) is 4.74. The summed E-state index contributed by atoms with van der Waals surface area (Å²) in [5.41, 5.74) is 4.28. The van der Waals surface area contributed by atoms with Crippen LogP contribution in [0.3, 0.4) is 0 Å². The molecule has 3 nitrogen and oxygen atoms in total. The van der Waals surface area contributed by atoms with Gasteiger partial charge in [0, 0.05) is 6.42 Å². The van der Waals surface area contributed by atoms with Crippen LogP contribution in [0.15, 0.2) is 96.1 Å². The zero-order valence-electron chi connectivity index (χ0n) is 14.4. The van der Waals surface area contributed by atoms with Crippen LogP contribution < -0.4 is 0 Å². The highest BCUT2D eigenvalue weighted by Gasteiger charge is 2.34. The van der Waals surface area contributed by atoms with Gasteiger partial charge in [0.15, 0.2) is 6.04 Å². The summed E-state index contributed by atoms with van der Waals surface area (Å²) in [7, 11) is 0. The first kappa shape index (κ1) is 16.1. The van der Waals surface area contributed by atoms with Gasteiger partial charge in [-0.05, 0) is 16.7 Å². The highest BCUT2D eigenvalue weighted by molar-refractivity contribution is 6.01. The van der Waals surface area contributed by atoms with E-state index in [0.717, 1.165) is 23.3 Å². The van der Waals surface area contributed by atoms with Gasteiger partial charge in [0.2, 0.25) is 0 Å². The molecule has 0 bridgehead atoms. The Morgan fingerprint density at radius 1 is 0.846 bits per heavy atom. The van der Waals surface area contributed by atoms with E-state index in [1.54, 1.807) is 0 Å². The molecule has 3 aromatic carbocycles. The molecule has 0 fully saturated rings. The molecule has 126 valence electrons. The van der Waals surface area contributed by atoms with Gasteiger partial charge in [0.1, 0.15) is 0 Å². The van der Waals surface area contributed by atoms with Crippen molar-refractivity contribution in [3.05, 3.63) is 108 Å². The van der Waals surface area contributed by atoms with Crippen molar-refractivity contribution in [2.75, 3.05) is 0 Å². The highest BCUT2D eigenvalue weighted by Crippen LogP contribution is 2.38. The molecule has 3 heteroatoms. The number of nitriles is 1. The molecular weight excluding hydrogens is 318 g/mol. The van der Waals surface area contributed by atoms with E-state index in [1.807, 2.05) is 71.7 Å². The summed E-state index contributed by atoms with van der Waals surface area (Å²) in [6.07, 6.45) is 0.791. The first-order chi connectivity index (χ1) is 12.9. The van der Waals surface area contributed by atoms with Crippen LogP contribution in [0.2, 0.25) is 0 Å². The van der Waals surface area contributed by atoms with Crippen molar-refractivity contribution in [1.82, 2.24) is 5.01 Å². The quantitative estimate of drug-likeness (QED) is 0.664. The second kappa shape index (κ2) is 7.25. The summed E-state index contributed by atoms with van der Waals surface area (Å²) in [5, 5.41) is 16.8. The SMILES string of the molecule is N#C[C@H](c1ccccc1)N1N=C(c2ccccc2)C[C@@H]1c1ccccc1. The van der Waals surface area contributed by atoms with Gasteiger partial charge in [-0.3, -0.25) is 5.01 Å². The maximum absolute atomic E-state index is 9.90. The Morgan fingerprint density at radius 2 is 1.42 bits per heavy atom. The molecule has 4 rings (SSSR count). The van der Waals surface area contributed by atoms with Gasteiger partial charge in [0.05, 0.1) is 17.8 Å². The molecule has 0 unspecified atom stereocenters. The largest absolute Gasteiger partial charge is 0.267 e. The van der Waals surface area contributed by atoms with Gasteiger partial charge in [-0.25, -0.2) is 0 Å². The maximum atomic E-state index is 9.90. The number of nitrogens with zero attached hydrogens (tertiary/aromatic N) is 3. The van der Waals surface area contributed by atoms with Crippen molar-refractivity contribution >= 4 is 5.71 Å². The predicted octanol–water partition coefficient (Wildman–Crippen LogP) is 5.10. The smallest absolute Gasteiger partial charge is 0.159 e. The van der Waals surface area contributed by atoms with Crippen LogP contribution >= 0.6 is 0 Å². The Morgan fingerprint density at radius 3 is 2.04 bits per heavy atom. The van der Waals surface area contributed by atoms with Crippen LogP contribution in [0.25, 0.3) is 0 Å². The van der Waals surface area contributed by atoms with Crippen LogP contribution in [0.5, 0.6) is 0 Å². The molecule has 0 aliphatic carbocycles. The molecule has 1 heterocycles. The first-order valence-electron chi connectivity index (χ1n) is 8.77. The van der Waals surface area contributed by atoms with Crippen LogP contribution in [0.4, 0.5) is 0 Å². The fourth-order valence-electron chi connectivity index (χ4n) is 3.44. The third-order valence-electron chi connectivity index (χ3n) is 4.74. The molecule has 0 spiro atoms. The summed E-state index contributed by atoms with van der Waals surface area (Å²) < 4.78 is 0. The molecule has 0 amide bonds. The topological polar surface area (TPSA) is 39.4 Å². The minimum Gasteiger partial charge on any atom is -0.267 e. The van der Waals surface area contributed by atoms with Crippen molar-refractivity contribution in [2.45, 2.75) is 18.5 Å². The Kier molecular flexibility index (Phi) is 4.49. The van der Waals surface area contributed by atoms with Gasteiger partial charge in [-0.15, -0.1) is 0 Å². The van der Waals surface area contributed by atoms with Crippen LogP contribution in [0, 0.1) is 11.3 Å². The lowest BCUT2D eigenvalue weighted by Gasteiger charge is -2.28. The van der Waals surface area contributed by atoms with Gasteiger partial charge in [-0.1, -0.05) is 91.0 Å². The van der Waals surface area contributed by atoms with Gasteiger partial charge < -0.3 is 0 Å². The zero-order valence-corrected chi connectivity index (χ0v) is 14.4. The average Bonchev–Trinajstić information content (AvgIpc) is 3.16. The second-order valence-corrected chi connectivity index (χ2v) is 6.37. The molecule has 0 saturated heterocycles. The average molecular weight is 337 g/mol. The molecule has 1 aliphatic rings. The Labute approximate surface area is 153 Å². The number of benzene rings is 3. The molecular formula is C23H19N3. The van der Waals surface area contributed by atoms with E-state index >= 15 is 0 Å². The van der Waals surface area contributed by atoms with E-state index in [1.165, 1.54) is 5.56 Å². The summed E-state index contributed by atoms with van der Waals surface area (Å²) in [4.78, 5) is 0. The van der Waals surface area contributed by atoms with Crippen molar-refractivity contribution in [1.29, 1.82) is 5.26 Å². The molecule has 2 atom stereocenters. The summed E-state index contributed by atoms with van der Waals surface area (Å²) in [6.45, 7) is 0. The van der Waals surface area contributed by atoms with E-state index in [4.69, 9.17) is 5.10 Å². The Bertz CT molecular complexity index is 927. The molecule has 3 aromatic rings. The number of hydrazone groups is 1. The lowest BCUT2D eigenvalue weighted by molar-refractivity contribution is 0.196. The monoisotopic (exact) mass is 337 g/mol. The highest BCUT2D eigenvalue weighted by atomic mass is 15.5. The number of rotatable bonds is 4. The Hall–Kier alpha value is -3.38. The van der Waals surface area contributed by atoms with E-state index in [-0.39, 0.29) is 6.04 Å². The molecule has 0 N–H and O–H groups in total. The van der Waals surface area contributed by atoms with E-state index in [2.05, 4.69) is 30.3 Å². The molecule has 0 aromatic heterocycles. The fraction of sp³-hybridized carbons (Fsp3) is 0.130. The first-order valence-corrected chi connectivity index (χ1v) is 8.77. The normalized spacial score (nSPS) is 17.4. The van der Waals surface area contributed by atoms with Gasteiger partial charge >= 0.3 is 0 Å². The standard InChI is InChI=1S/C23H19N3/c24-17-23(20-14-8-3-9-15-20)26-22(19-12-6-2-7-13-19)16-21(25-26)18-10-4-1-5-11-18/h1-15,22-23H,16H2/t22-,23-/m1/s1. The molecule has 0 radical (unpaired) electrons. The van der Waals surface area contributed by atoms with Crippen molar-refractivity contribution in [2.24, 2.45) is 5.10 Å². The van der Waals surface area contributed by atoms with Crippen LogP contribution in [-0.2, 0) is 0 Å². The van der Waals surface area contributed by atoms with E-state index in [0.29, 0.717) is 0 Å². The number of hydrogen-bond acceptors (Lipinski definition) is 3. The molecule has 0 saturated carbocycles. The predicted molar refractivity (Wildman–Crippen MR) is 103 cm³/mol. The summed E-state index contributed by atoms with van der Waals surface area (Å²) >= 11 is 0.